The molecular weight excluding hydrogens is 216 g/mol. The van der Waals surface area contributed by atoms with Crippen LogP contribution < -0.4 is 5.32 Å². The van der Waals surface area contributed by atoms with E-state index in [0.717, 1.165) is 6.54 Å². The van der Waals surface area contributed by atoms with Crippen LogP contribution in [-0.2, 0) is 12.0 Å². The molecule has 1 unspecified atom stereocenters. The third kappa shape index (κ3) is 2.64. The topological polar surface area (TPSA) is 24.9 Å². The highest BCUT2D eigenvalue weighted by Crippen LogP contribution is 2.44. The summed E-state index contributed by atoms with van der Waals surface area (Å²) in [6, 6.07) is 0.702. The molecule has 0 amide bonds. The molecule has 0 radical (unpaired) electrons. The van der Waals surface area contributed by atoms with Crippen molar-refractivity contribution in [1.29, 1.82) is 0 Å². The monoisotopic (exact) mass is 238 g/mol. The molecule has 1 aliphatic rings. The molecule has 2 nitrogen and oxygen atoms in total. The predicted molar refractivity (Wildman–Crippen MR) is 69.8 cm³/mol. The van der Waals surface area contributed by atoms with Gasteiger partial charge in [0.1, 0.15) is 0 Å². The predicted octanol–water partition coefficient (Wildman–Crippen LogP) is 3.33. The Kier molecular flexibility index (Phi) is 2.87. The van der Waals surface area contributed by atoms with Gasteiger partial charge in [-0.25, -0.2) is 4.98 Å². The van der Waals surface area contributed by atoms with Crippen molar-refractivity contribution in [1.82, 2.24) is 10.3 Å². The van der Waals surface area contributed by atoms with Crippen LogP contribution >= 0.6 is 11.3 Å². The second-order valence-corrected chi connectivity index (χ2v) is 7.62. The van der Waals surface area contributed by atoms with Crippen LogP contribution in [0.25, 0.3) is 0 Å². The van der Waals surface area contributed by atoms with Crippen molar-refractivity contribution in [2.75, 3.05) is 0 Å². The third-order valence-corrected chi connectivity index (χ3v) is 4.65. The second kappa shape index (κ2) is 3.81. The van der Waals surface area contributed by atoms with E-state index in [9.17, 15) is 0 Å². The molecule has 90 valence electrons. The molecule has 1 saturated carbocycles. The summed E-state index contributed by atoms with van der Waals surface area (Å²) >= 11 is 1.84. The minimum atomic E-state index is 0.182. The van der Waals surface area contributed by atoms with Crippen molar-refractivity contribution < 1.29 is 0 Å². The van der Waals surface area contributed by atoms with Crippen molar-refractivity contribution in [3.05, 3.63) is 16.1 Å². The van der Waals surface area contributed by atoms with Crippen LogP contribution in [0.1, 0.15) is 50.9 Å². The molecule has 16 heavy (non-hydrogen) atoms. The Hall–Kier alpha value is -0.410. The first-order chi connectivity index (χ1) is 7.29. The van der Waals surface area contributed by atoms with Gasteiger partial charge in [0.2, 0.25) is 0 Å². The van der Waals surface area contributed by atoms with Gasteiger partial charge in [0.25, 0.3) is 0 Å². The SMILES string of the molecule is CC(C)(C)c1ncc(CNC2CC2(C)C)s1. The van der Waals surface area contributed by atoms with Gasteiger partial charge >= 0.3 is 0 Å². The summed E-state index contributed by atoms with van der Waals surface area (Å²) in [6.07, 6.45) is 3.32. The minimum absolute atomic E-state index is 0.182. The Balaban J connectivity index is 1.89. The molecule has 1 fully saturated rings. The lowest BCUT2D eigenvalue weighted by atomic mass is 9.98. The van der Waals surface area contributed by atoms with E-state index in [2.05, 4.69) is 44.9 Å². The van der Waals surface area contributed by atoms with E-state index in [1.165, 1.54) is 16.3 Å². The van der Waals surface area contributed by atoms with E-state index in [-0.39, 0.29) is 5.41 Å². The van der Waals surface area contributed by atoms with Crippen molar-refractivity contribution in [2.45, 2.75) is 59.0 Å². The molecule has 2 rings (SSSR count). The third-order valence-electron chi connectivity index (χ3n) is 3.23. The highest BCUT2D eigenvalue weighted by atomic mass is 32.1. The summed E-state index contributed by atoms with van der Waals surface area (Å²) in [5.74, 6) is 0. The van der Waals surface area contributed by atoms with Crippen LogP contribution in [0.5, 0.6) is 0 Å². The molecule has 0 aromatic carbocycles. The van der Waals surface area contributed by atoms with Crippen LogP contribution in [0.3, 0.4) is 0 Å². The molecular formula is C13H22N2S. The number of rotatable bonds is 3. The first kappa shape index (κ1) is 12.1. The zero-order valence-electron chi connectivity index (χ0n) is 10.9. The molecule has 1 N–H and O–H groups in total. The van der Waals surface area contributed by atoms with Crippen LogP contribution in [0, 0.1) is 5.41 Å². The van der Waals surface area contributed by atoms with Gasteiger partial charge < -0.3 is 5.32 Å². The van der Waals surface area contributed by atoms with E-state index in [0.29, 0.717) is 11.5 Å². The number of hydrogen-bond donors (Lipinski definition) is 1. The van der Waals surface area contributed by atoms with Gasteiger partial charge in [-0.3, -0.25) is 0 Å². The maximum atomic E-state index is 4.50. The van der Waals surface area contributed by atoms with Crippen LogP contribution in [0.15, 0.2) is 6.20 Å². The Bertz CT molecular complexity index is 374. The van der Waals surface area contributed by atoms with Gasteiger partial charge in [0.15, 0.2) is 0 Å². The molecule has 3 heteroatoms. The molecule has 0 spiro atoms. The zero-order chi connectivity index (χ0) is 12.0. The summed E-state index contributed by atoms with van der Waals surface area (Å²) in [4.78, 5) is 5.85. The molecule has 1 aliphatic carbocycles. The second-order valence-electron chi connectivity index (χ2n) is 6.51. The van der Waals surface area contributed by atoms with Gasteiger partial charge in [0, 0.05) is 29.1 Å². The smallest absolute Gasteiger partial charge is 0.0981 e. The van der Waals surface area contributed by atoms with Crippen molar-refractivity contribution >= 4 is 11.3 Å². The lowest BCUT2D eigenvalue weighted by Gasteiger charge is -2.13. The largest absolute Gasteiger partial charge is 0.308 e. The first-order valence-corrected chi connectivity index (χ1v) is 6.79. The summed E-state index contributed by atoms with van der Waals surface area (Å²) < 4.78 is 0. The van der Waals surface area contributed by atoms with Crippen molar-refractivity contribution in [3.8, 4) is 0 Å². The zero-order valence-corrected chi connectivity index (χ0v) is 11.7. The number of thiazole rings is 1. The lowest BCUT2D eigenvalue weighted by molar-refractivity contribution is 0.544. The summed E-state index contributed by atoms with van der Waals surface area (Å²) in [5.41, 5.74) is 0.694. The van der Waals surface area contributed by atoms with E-state index < -0.39 is 0 Å². The Labute approximate surface area is 102 Å². The Morgan fingerprint density at radius 2 is 2.12 bits per heavy atom. The number of hydrogen-bond acceptors (Lipinski definition) is 3. The lowest BCUT2D eigenvalue weighted by Crippen LogP contribution is -2.19. The number of aromatic nitrogens is 1. The maximum absolute atomic E-state index is 4.50. The molecule has 1 heterocycles. The average molecular weight is 238 g/mol. The molecule has 1 aromatic rings. The summed E-state index contributed by atoms with van der Waals surface area (Å²) in [5, 5.41) is 4.83. The van der Waals surface area contributed by atoms with Gasteiger partial charge in [-0.05, 0) is 11.8 Å². The molecule has 0 bridgehead atoms. The average Bonchev–Trinajstić information content (AvgIpc) is 2.63. The van der Waals surface area contributed by atoms with Crippen LogP contribution in [0.2, 0.25) is 0 Å². The van der Waals surface area contributed by atoms with Gasteiger partial charge in [-0.2, -0.15) is 0 Å². The minimum Gasteiger partial charge on any atom is -0.308 e. The standard InChI is InChI=1S/C13H22N2S/c1-12(2,3)11-15-8-9(16-11)7-14-10-6-13(10,4)5/h8,10,14H,6-7H2,1-5H3. The van der Waals surface area contributed by atoms with Gasteiger partial charge in [-0.1, -0.05) is 34.6 Å². The molecule has 0 saturated heterocycles. The highest BCUT2D eigenvalue weighted by Gasteiger charge is 2.45. The van der Waals surface area contributed by atoms with E-state index in [1.54, 1.807) is 0 Å². The quantitative estimate of drug-likeness (QED) is 0.873. The molecule has 0 aliphatic heterocycles. The fraction of sp³-hybridized carbons (Fsp3) is 0.769. The molecule has 1 atom stereocenters. The van der Waals surface area contributed by atoms with E-state index in [4.69, 9.17) is 0 Å². The highest BCUT2D eigenvalue weighted by molar-refractivity contribution is 7.11. The first-order valence-electron chi connectivity index (χ1n) is 5.97. The Morgan fingerprint density at radius 3 is 2.56 bits per heavy atom. The summed E-state index contributed by atoms with van der Waals surface area (Å²) in [6.45, 7) is 12.3. The van der Waals surface area contributed by atoms with Crippen molar-refractivity contribution in [3.63, 3.8) is 0 Å². The number of nitrogens with zero attached hydrogens (tertiary/aromatic N) is 1. The van der Waals surface area contributed by atoms with Gasteiger partial charge in [-0.15, -0.1) is 11.3 Å². The fourth-order valence-corrected chi connectivity index (χ4v) is 2.70. The van der Waals surface area contributed by atoms with Crippen molar-refractivity contribution in [2.24, 2.45) is 5.41 Å². The summed E-state index contributed by atoms with van der Waals surface area (Å²) in [7, 11) is 0. The normalized spacial score (nSPS) is 23.4. The van der Waals surface area contributed by atoms with Crippen LogP contribution in [0.4, 0.5) is 0 Å². The van der Waals surface area contributed by atoms with Crippen LogP contribution in [-0.4, -0.2) is 11.0 Å². The number of nitrogens with one attached hydrogen (secondary N) is 1. The molecule has 1 aromatic heterocycles. The maximum Gasteiger partial charge on any atom is 0.0981 e. The van der Waals surface area contributed by atoms with E-state index >= 15 is 0 Å². The van der Waals surface area contributed by atoms with E-state index in [1.807, 2.05) is 17.5 Å². The Morgan fingerprint density at radius 1 is 1.50 bits per heavy atom. The van der Waals surface area contributed by atoms with Gasteiger partial charge in [0.05, 0.1) is 5.01 Å². The fourth-order valence-electron chi connectivity index (χ4n) is 1.78.